The van der Waals surface area contributed by atoms with Gasteiger partial charge in [0, 0.05) is 19.6 Å². The van der Waals surface area contributed by atoms with Gasteiger partial charge in [0.1, 0.15) is 0 Å². The zero-order valence-corrected chi connectivity index (χ0v) is 11.4. The second-order valence-electron chi connectivity index (χ2n) is 5.04. The van der Waals surface area contributed by atoms with Gasteiger partial charge in [-0.05, 0) is 32.2 Å². The van der Waals surface area contributed by atoms with Gasteiger partial charge < -0.3 is 10.0 Å². The van der Waals surface area contributed by atoms with E-state index in [4.69, 9.17) is 5.11 Å². The third-order valence-electron chi connectivity index (χ3n) is 3.79. The van der Waals surface area contributed by atoms with Crippen LogP contribution in [0.25, 0.3) is 0 Å². The van der Waals surface area contributed by atoms with Crippen molar-refractivity contribution in [3.63, 3.8) is 0 Å². The molecule has 100 valence electrons. The van der Waals surface area contributed by atoms with Crippen molar-refractivity contribution in [2.45, 2.75) is 39.7 Å². The molecule has 0 aromatic carbocycles. The summed E-state index contributed by atoms with van der Waals surface area (Å²) in [6, 6.07) is -0.111. The first-order chi connectivity index (χ1) is 8.10. The molecular weight excluding hydrogens is 216 g/mol. The number of rotatable bonds is 5. The van der Waals surface area contributed by atoms with E-state index in [1.54, 1.807) is 0 Å². The van der Waals surface area contributed by atoms with E-state index in [0.29, 0.717) is 6.54 Å². The lowest BCUT2D eigenvalue weighted by Gasteiger charge is -2.35. The van der Waals surface area contributed by atoms with E-state index in [9.17, 15) is 4.79 Å². The number of carbonyl (C=O) groups is 1. The fourth-order valence-corrected chi connectivity index (χ4v) is 2.40. The summed E-state index contributed by atoms with van der Waals surface area (Å²) >= 11 is 0. The molecule has 1 aliphatic heterocycles. The van der Waals surface area contributed by atoms with Crippen molar-refractivity contribution >= 4 is 5.91 Å². The summed E-state index contributed by atoms with van der Waals surface area (Å²) in [7, 11) is 0. The van der Waals surface area contributed by atoms with Crippen molar-refractivity contribution in [2.24, 2.45) is 5.92 Å². The van der Waals surface area contributed by atoms with Gasteiger partial charge in [0.25, 0.3) is 0 Å². The third kappa shape index (κ3) is 3.96. The first-order valence-corrected chi connectivity index (χ1v) is 6.73. The zero-order valence-electron chi connectivity index (χ0n) is 11.4. The summed E-state index contributed by atoms with van der Waals surface area (Å²) in [5, 5.41) is 8.98. The Labute approximate surface area is 105 Å². The van der Waals surface area contributed by atoms with Crippen LogP contribution in [0.1, 0.15) is 33.6 Å². The molecule has 1 aliphatic rings. The molecule has 1 saturated heterocycles. The van der Waals surface area contributed by atoms with Crippen molar-refractivity contribution in [3.05, 3.63) is 0 Å². The average Bonchev–Trinajstić information content (AvgIpc) is 2.35. The Kier molecular flexibility index (Phi) is 5.92. The minimum Gasteiger partial charge on any atom is -0.395 e. The molecule has 17 heavy (non-hydrogen) atoms. The molecule has 1 unspecified atom stereocenters. The third-order valence-corrected chi connectivity index (χ3v) is 3.79. The maximum Gasteiger partial charge on any atom is 0.239 e. The molecular formula is C13H26N2O2. The fourth-order valence-electron chi connectivity index (χ4n) is 2.40. The van der Waals surface area contributed by atoms with Gasteiger partial charge in [-0.25, -0.2) is 0 Å². The van der Waals surface area contributed by atoms with Crippen molar-refractivity contribution in [1.29, 1.82) is 0 Å². The summed E-state index contributed by atoms with van der Waals surface area (Å²) in [6.07, 6.45) is 2.23. The standard InChI is InChI=1S/C13H26N2O2/c1-4-14(9-10-16)12(3)13(17)15-7-5-11(2)6-8-15/h11-12,16H,4-10H2,1-3H3. The SMILES string of the molecule is CCN(CCO)C(C)C(=O)N1CCC(C)CC1. The summed E-state index contributed by atoms with van der Waals surface area (Å²) in [5.74, 6) is 0.960. The predicted octanol–water partition coefficient (Wildman–Crippen LogP) is 0.948. The highest BCUT2D eigenvalue weighted by atomic mass is 16.3. The zero-order chi connectivity index (χ0) is 12.8. The van der Waals surface area contributed by atoms with Crippen molar-refractivity contribution in [1.82, 2.24) is 9.80 Å². The first kappa shape index (κ1) is 14.5. The van der Waals surface area contributed by atoms with Gasteiger partial charge in [0.2, 0.25) is 5.91 Å². The van der Waals surface area contributed by atoms with Crippen molar-refractivity contribution in [2.75, 3.05) is 32.8 Å². The van der Waals surface area contributed by atoms with Crippen LogP contribution in [0.4, 0.5) is 0 Å². The van der Waals surface area contributed by atoms with Gasteiger partial charge in [-0.15, -0.1) is 0 Å². The normalized spacial score (nSPS) is 19.7. The number of piperidine rings is 1. The summed E-state index contributed by atoms with van der Waals surface area (Å²) in [4.78, 5) is 16.3. The molecule has 1 fully saturated rings. The number of hydrogen-bond donors (Lipinski definition) is 1. The van der Waals surface area contributed by atoms with Crippen LogP contribution in [-0.2, 0) is 4.79 Å². The molecule has 1 heterocycles. The van der Waals surface area contributed by atoms with Crippen LogP contribution in [0.2, 0.25) is 0 Å². The number of likely N-dealkylation sites (N-methyl/N-ethyl adjacent to an activating group) is 1. The van der Waals surface area contributed by atoms with E-state index in [0.717, 1.165) is 38.4 Å². The van der Waals surface area contributed by atoms with Crippen LogP contribution >= 0.6 is 0 Å². The van der Waals surface area contributed by atoms with E-state index in [-0.39, 0.29) is 18.6 Å². The van der Waals surface area contributed by atoms with E-state index >= 15 is 0 Å². The quantitative estimate of drug-likeness (QED) is 0.780. The molecule has 4 heteroatoms. The van der Waals surface area contributed by atoms with Crippen LogP contribution < -0.4 is 0 Å². The summed E-state index contributed by atoms with van der Waals surface area (Å²) in [6.45, 7) is 9.49. The molecule has 0 bridgehead atoms. The molecule has 0 aliphatic carbocycles. The molecule has 0 spiro atoms. The maximum atomic E-state index is 12.3. The van der Waals surface area contributed by atoms with Crippen molar-refractivity contribution < 1.29 is 9.90 Å². The highest BCUT2D eigenvalue weighted by Crippen LogP contribution is 2.17. The molecule has 0 saturated carbocycles. The molecule has 0 aromatic rings. The molecule has 1 atom stereocenters. The number of aliphatic hydroxyl groups excluding tert-OH is 1. The fraction of sp³-hybridized carbons (Fsp3) is 0.923. The van der Waals surface area contributed by atoms with E-state index < -0.39 is 0 Å². The van der Waals surface area contributed by atoms with Crippen LogP contribution in [0.15, 0.2) is 0 Å². The highest BCUT2D eigenvalue weighted by molar-refractivity contribution is 5.81. The van der Waals surface area contributed by atoms with Crippen LogP contribution in [0.3, 0.4) is 0 Å². The second kappa shape index (κ2) is 6.97. The number of nitrogens with zero attached hydrogens (tertiary/aromatic N) is 2. The Morgan fingerprint density at radius 1 is 1.47 bits per heavy atom. The first-order valence-electron chi connectivity index (χ1n) is 6.73. The van der Waals surface area contributed by atoms with Gasteiger partial charge in [-0.2, -0.15) is 0 Å². The number of likely N-dealkylation sites (tertiary alicyclic amines) is 1. The Morgan fingerprint density at radius 3 is 2.53 bits per heavy atom. The van der Waals surface area contributed by atoms with Crippen molar-refractivity contribution in [3.8, 4) is 0 Å². The number of carbonyl (C=O) groups excluding carboxylic acids is 1. The van der Waals surface area contributed by atoms with E-state index in [1.165, 1.54) is 0 Å². The van der Waals surface area contributed by atoms with Gasteiger partial charge >= 0.3 is 0 Å². The largest absolute Gasteiger partial charge is 0.395 e. The minimum atomic E-state index is -0.111. The van der Waals surface area contributed by atoms with Gasteiger partial charge in [0.15, 0.2) is 0 Å². The average molecular weight is 242 g/mol. The Hall–Kier alpha value is -0.610. The Morgan fingerprint density at radius 2 is 2.06 bits per heavy atom. The molecule has 1 N–H and O–H groups in total. The second-order valence-corrected chi connectivity index (χ2v) is 5.04. The van der Waals surface area contributed by atoms with E-state index in [1.807, 2.05) is 23.6 Å². The molecule has 1 amide bonds. The highest BCUT2D eigenvalue weighted by Gasteiger charge is 2.27. The van der Waals surface area contributed by atoms with E-state index in [2.05, 4.69) is 6.92 Å². The molecule has 0 radical (unpaired) electrons. The lowest BCUT2D eigenvalue weighted by Crippen LogP contribution is -2.50. The minimum absolute atomic E-state index is 0.111. The lowest BCUT2D eigenvalue weighted by molar-refractivity contribution is -0.137. The number of aliphatic hydroxyl groups is 1. The molecule has 1 rings (SSSR count). The Bertz CT molecular complexity index is 238. The van der Waals surface area contributed by atoms with Gasteiger partial charge in [-0.3, -0.25) is 9.69 Å². The monoisotopic (exact) mass is 242 g/mol. The predicted molar refractivity (Wildman–Crippen MR) is 68.8 cm³/mol. The van der Waals surface area contributed by atoms with Crippen LogP contribution in [-0.4, -0.2) is 59.6 Å². The molecule has 4 nitrogen and oxygen atoms in total. The summed E-state index contributed by atoms with van der Waals surface area (Å²) < 4.78 is 0. The lowest BCUT2D eigenvalue weighted by atomic mass is 9.98. The van der Waals surface area contributed by atoms with Gasteiger partial charge in [0.05, 0.1) is 12.6 Å². The summed E-state index contributed by atoms with van der Waals surface area (Å²) in [5.41, 5.74) is 0. The smallest absolute Gasteiger partial charge is 0.239 e. The Balaban J connectivity index is 2.50. The molecule has 0 aromatic heterocycles. The number of hydrogen-bond acceptors (Lipinski definition) is 3. The van der Waals surface area contributed by atoms with Crippen LogP contribution in [0, 0.1) is 5.92 Å². The topological polar surface area (TPSA) is 43.8 Å². The van der Waals surface area contributed by atoms with Crippen LogP contribution in [0.5, 0.6) is 0 Å². The number of amides is 1. The van der Waals surface area contributed by atoms with Gasteiger partial charge in [-0.1, -0.05) is 13.8 Å². The maximum absolute atomic E-state index is 12.3.